The number of nitrogens with zero attached hydrogens (tertiary/aromatic N) is 1. The zero-order chi connectivity index (χ0) is 12.2. The summed E-state index contributed by atoms with van der Waals surface area (Å²) in [6.07, 6.45) is 14.4. The highest BCUT2D eigenvalue weighted by atomic mass is 15.0. The molecule has 0 amide bonds. The van der Waals surface area contributed by atoms with Crippen LogP contribution in [0.25, 0.3) is 0 Å². The molecule has 2 fully saturated rings. The van der Waals surface area contributed by atoms with Gasteiger partial charge in [-0.1, -0.05) is 32.1 Å². The molecule has 2 aliphatic carbocycles. The van der Waals surface area contributed by atoms with Crippen LogP contribution >= 0.6 is 0 Å². The van der Waals surface area contributed by atoms with Crippen molar-refractivity contribution in [2.24, 2.45) is 0 Å². The van der Waals surface area contributed by atoms with Gasteiger partial charge in [0.1, 0.15) is 5.82 Å². The van der Waals surface area contributed by atoms with Crippen molar-refractivity contribution in [3.63, 3.8) is 0 Å². The van der Waals surface area contributed by atoms with Gasteiger partial charge in [-0.3, -0.25) is 0 Å². The average molecular weight is 247 g/mol. The Morgan fingerprint density at radius 1 is 1.06 bits per heavy atom. The highest BCUT2D eigenvalue weighted by Gasteiger charge is 2.21. The Balaban J connectivity index is 1.55. The lowest BCUT2D eigenvalue weighted by Crippen LogP contribution is -2.15. The predicted molar refractivity (Wildman–Crippen MR) is 73.5 cm³/mol. The average Bonchev–Trinajstić information content (AvgIpc) is 3.05. The zero-order valence-electron chi connectivity index (χ0n) is 11.3. The van der Waals surface area contributed by atoms with Crippen molar-refractivity contribution < 1.29 is 0 Å². The molecule has 1 heterocycles. The van der Waals surface area contributed by atoms with E-state index in [0.29, 0.717) is 5.92 Å². The Morgan fingerprint density at radius 2 is 1.78 bits per heavy atom. The van der Waals surface area contributed by atoms with Gasteiger partial charge < -0.3 is 10.3 Å². The minimum absolute atomic E-state index is 0.681. The van der Waals surface area contributed by atoms with Crippen LogP contribution in [0.5, 0.6) is 0 Å². The van der Waals surface area contributed by atoms with Crippen LogP contribution in [0, 0.1) is 0 Å². The molecule has 2 saturated carbocycles. The van der Waals surface area contributed by atoms with E-state index in [1.807, 2.05) is 6.20 Å². The number of aromatic nitrogens is 2. The first kappa shape index (κ1) is 12.2. The van der Waals surface area contributed by atoms with Crippen molar-refractivity contribution in [1.82, 2.24) is 15.3 Å². The Kier molecular flexibility index (Phi) is 3.99. The zero-order valence-corrected chi connectivity index (χ0v) is 11.3. The van der Waals surface area contributed by atoms with Gasteiger partial charge in [-0.15, -0.1) is 0 Å². The van der Waals surface area contributed by atoms with Crippen LogP contribution in [0.1, 0.15) is 75.2 Å². The molecule has 0 atom stereocenters. The van der Waals surface area contributed by atoms with Crippen molar-refractivity contribution in [2.45, 2.75) is 76.3 Å². The molecule has 0 spiro atoms. The molecule has 0 aromatic carbocycles. The highest BCUT2D eigenvalue weighted by molar-refractivity contribution is 5.06. The van der Waals surface area contributed by atoms with Gasteiger partial charge in [0, 0.05) is 30.4 Å². The van der Waals surface area contributed by atoms with Crippen LogP contribution in [0.2, 0.25) is 0 Å². The highest BCUT2D eigenvalue weighted by Crippen LogP contribution is 2.29. The molecule has 0 radical (unpaired) electrons. The van der Waals surface area contributed by atoms with Gasteiger partial charge in [0.25, 0.3) is 0 Å². The first-order valence-corrected chi connectivity index (χ1v) is 7.69. The lowest BCUT2D eigenvalue weighted by molar-refractivity contribution is 0.444. The van der Waals surface area contributed by atoms with Crippen LogP contribution in [0.3, 0.4) is 0 Å². The van der Waals surface area contributed by atoms with E-state index in [0.717, 1.165) is 12.6 Å². The third kappa shape index (κ3) is 3.35. The number of H-pyrrole nitrogens is 1. The van der Waals surface area contributed by atoms with Crippen LogP contribution in [-0.4, -0.2) is 16.0 Å². The molecular weight excluding hydrogens is 222 g/mol. The second-order valence-corrected chi connectivity index (χ2v) is 5.99. The first-order valence-electron chi connectivity index (χ1n) is 7.69. The molecule has 0 saturated heterocycles. The van der Waals surface area contributed by atoms with Crippen LogP contribution in [0.15, 0.2) is 6.20 Å². The maximum Gasteiger partial charge on any atom is 0.109 e. The van der Waals surface area contributed by atoms with Crippen molar-refractivity contribution in [1.29, 1.82) is 0 Å². The van der Waals surface area contributed by atoms with Gasteiger partial charge in [-0.2, -0.15) is 0 Å². The molecule has 1 aromatic rings. The molecule has 1 aromatic heterocycles. The molecule has 3 nitrogen and oxygen atoms in total. The SMILES string of the molecule is c1nc(C2CCCCCCC2)[nH]c1CNC1CC1. The number of rotatable bonds is 4. The van der Waals surface area contributed by atoms with E-state index in [9.17, 15) is 0 Å². The largest absolute Gasteiger partial charge is 0.345 e. The Hall–Kier alpha value is -0.830. The van der Waals surface area contributed by atoms with Crippen LogP contribution < -0.4 is 5.32 Å². The second kappa shape index (κ2) is 5.87. The van der Waals surface area contributed by atoms with E-state index in [-0.39, 0.29) is 0 Å². The minimum atomic E-state index is 0.681. The summed E-state index contributed by atoms with van der Waals surface area (Å²) in [5.74, 6) is 1.92. The van der Waals surface area contributed by atoms with E-state index >= 15 is 0 Å². The van der Waals surface area contributed by atoms with E-state index < -0.39 is 0 Å². The van der Waals surface area contributed by atoms with Crippen molar-refractivity contribution >= 4 is 0 Å². The number of imidazole rings is 1. The number of hydrogen-bond donors (Lipinski definition) is 2. The Labute approximate surface area is 110 Å². The summed E-state index contributed by atoms with van der Waals surface area (Å²) in [6.45, 7) is 0.963. The van der Waals surface area contributed by atoms with Gasteiger partial charge in [-0.25, -0.2) is 4.98 Å². The van der Waals surface area contributed by atoms with E-state index in [1.165, 1.54) is 69.3 Å². The summed E-state index contributed by atoms with van der Waals surface area (Å²) in [4.78, 5) is 8.16. The summed E-state index contributed by atoms with van der Waals surface area (Å²) >= 11 is 0. The van der Waals surface area contributed by atoms with Crippen molar-refractivity contribution in [2.75, 3.05) is 0 Å². The van der Waals surface area contributed by atoms with E-state index in [4.69, 9.17) is 0 Å². The van der Waals surface area contributed by atoms with Gasteiger partial charge in [0.2, 0.25) is 0 Å². The summed E-state index contributed by atoms with van der Waals surface area (Å²) in [6, 6.07) is 0.776. The summed E-state index contributed by atoms with van der Waals surface area (Å²) in [7, 11) is 0. The summed E-state index contributed by atoms with van der Waals surface area (Å²) in [5.41, 5.74) is 1.26. The lowest BCUT2D eigenvalue weighted by atomic mass is 9.91. The molecule has 100 valence electrons. The maximum absolute atomic E-state index is 4.61. The van der Waals surface area contributed by atoms with E-state index in [2.05, 4.69) is 15.3 Å². The molecule has 0 bridgehead atoms. The molecule has 2 N–H and O–H groups in total. The van der Waals surface area contributed by atoms with Gasteiger partial charge in [0.15, 0.2) is 0 Å². The molecule has 0 aliphatic heterocycles. The standard InChI is InChI=1S/C15H25N3/c1-2-4-6-12(7-5-3-1)15-17-11-14(18-15)10-16-13-8-9-13/h11-13,16H,1-10H2,(H,17,18). The third-order valence-corrected chi connectivity index (χ3v) is 4.30. The molecule has 18 heavy (non-hydrogen) atoms. The van der Waals surface area contributed by atoms with Gasteiger partial charge in [0.05, 0.1) is 0 Å². The second-order valence-electron chi connectivity index (χ2n) is 5.99. The normalized spacial score (nSPS) is 22.7. The lowest BCUT2D eigenvalue weighted by Gasteiger charge is -2.17. The topological polar surface area (TPSA) is 40.7 Å². The van der Waals surface area contributed by atoms with E-state index in [1.54, 1.807) is 0 Å². The molecule has 3 heteroatoms. The van der Waals surface area contributed by atoms with Crippen LogP contribution in [0.4, 0.5) is 0 Å². The minimum Gasteiger partial charge on any atom is -0.345 e. The molecular formula is C15H25N3. The van der Waals surface area contributed by atoms with Gasteiger partial charge in [-0.05, 0) is 25.7 Å². The number of hydrogen-bond acceptors (Lipinski definition) is 2. The molecule has 2 aliphatic rings. The Morgan fingerprint density at radius 3 is 2.50 bits per heavy atom. The fourth-order valence-electron chi connectivity index (χ4n) is 2.95. The van der Waals surface area contributed by atoms with Crippen molar-refractivity contribution in [3.05, 3.63) is 17.7 Å². The quantitative estimate of drug-likeness (QED) is 0.855. The van der Waals surface area contributed by atoms with Gasteiger partial charge >= 0.3 is 0 Å². The molecule has 3 rings (SSSR count). The Bertz CT molecular complexity index is 360. The predicted octanol–water partition coefficient (Wildman–Crippen LogP) is 3.49. The number of nitrogens with one attached hydrogen (secondary N) is 2. The fraction of sp³-hybridized carbons (Fsp3) is 0.800. The fourth-order valence-corrected chi connectivity index (χ4v) is 2.95. The maximum atomic E-state index is 4.61. The van der Waals surface area contributed by atoms with Crippen molar-refractivity contribution in [3.8, 4) is 0 Å². The monoisotopic (exact) mass is 247 g/mol. The molecule has 0 unspecified atom stereocenters. The summed E-state index contributed by atoms with van der Waals surface area (Å²) < 4.78 is 0. The third-order valence-electron chi connectivity index (χ3n) is 4.30. The smallest absolute Gasteiger partial charge is 0.109 e. The first-order chi connectivity index (χ1) is 8.92. The summed E-state index contributed by atoms with van der Waals surface area (Å²) in [5, 5.41) is 3.54. The number of aromatic amines is 1. The van der Waals surface area contributed by atoms with Crippen LogP contribution in [-0.2, 0) is 6.54 Å².